The first-order valence-corrected chi connectivity index (χ1v) is 7.24. The van der Waals surface area contributed by atoms with E-state index in [4.69, 9.17) is 15.6 Å². The fourth-order valence-corrected chi connectivity index (χ4v) is 2.17. The van der Waals surface area contributed by atoms with Crippen molar-refractivity contribution in [1.29, 1.82) is 0 Å². The molecule has 1 unspecified atom stereocenters. The Balaban J connectivity index is 2.63. The highest BCUT2D eigenvalue weighted by atomic mass is 16.5. The number of ether oxygens (including phenoxy) is 1. The second-order valence-electron chi connectivity index (χ2n) is 4.95. The molecule has 3 N–H and O–H groups in total. The summed E-state index contributed by atoms with van der Waals surface area (Å²) in [5, 5.41) is 8.90. The number of hydrogen-bond donors (Lipinski definition) is 2. The summed E-state index contributed by atoms with van der Waals surface area (Å²) in [5.74, 6) is -0.256. The zero-order chi connectivity index (χ0) is 14.8. The lowest BCUT2D eigenvalue weighted by atomic mass is 10.0. The Morgan fingerprint density at radius 1 is 1.25 bits per heavy atom. The summed E-state index contributed by atoms with van der Waals surface area (Å²) in [6, 6.07) is 7.90. The average molecular weight is 279 g/mol. The molecule has 1 aromatic carbocycles. The molecule has 0 saturated heterocycles. The van der Waals surface area contributed by atoms with Crippen LogP contribution in [0.5, 0.6) is 0 Å². The van der Waals surface area contributed by atoms with E-state index in [0.29, 0.717) is 13.0 Å². The summed E-state index contributed by atoms with van der Waals surface area (Å²) in [4.78, 5) is 11.2. The topological polar surface area (TPSA) is 72.5 Å². The van der Waals surface area contributed by atoms with E-state index in [2.05, 4.69) is 0 Å². The van der Waals surface area contributed by atoms with Gasteiger partial charge in [0, 0.05) is 13.5 Å². The molecule has 20 heavy (non-hydrogen) atoms. The predicted molar refractivity (Wildman–Crippen MR) is 79.3 cm³/mol. The number of nitrogens with two attached hydrogens (primary N) is 1. The molecule has 0 spiro atoms. The van der Waals surface area contributed by atoms with Gasteiger partial charge in [0.25, 0.3) is 0 Å². The standard InChI is InChI=1S/C16H25NO3/c1-13(19)20-16(5-3-2-4-11-17)15-8-6-14(7-9-15)10-12-18/h6-9,16,18H,2-5,10-12,17H2,1H3. The summed E-state index contributed by atoms with van der Waals surface area (Å²) < 4.78 is 5.40. The van der Waals surface area contributed by atoms with Crippen LogP contribution in [-0.2, 0) is 16.0 Å². The minimum Gasteiger partial charge on any atom is -0.458 e. The minimum atomic E-state index is -0.256. The Morgan fingerprint density at radius 3 is 2.50 bits per heavy atom. The molecular formula is C16H25NO3. The molecule has 0 aliphatic carbocycles. The molecule has 0 saturated carbocycles. The van der Waals surface area contributed by atoms with Crippen LogP contribution >= 0.6 is 0 Å². The van der Waals surface area contributed by atoms with Crippen LogP contribution in [-0.4, -0.2) is 24.2 Å². The summed E-state index contributed by atoms with van der Waals surface area (Å²) in [6.07, 6.45) is 4.33. The van der Waals surface area contributed by atoms with Crippen LogP contribution in [0, 0.1) is 0 Å². The van der Waals surface area contributed by atoms with Crippen molar-refractivity contribution in [3.05, 3.63) is 35.4 Å². The van der Waals surface area contributed by atoms with Gasteiger partial charge in [0.15, 0.2) is 0 Å². The lowest BCUT2D eigenvalue weighted by Gasteiger charge is -2.17. The third kappa shape index (κ3) is 6.17. The molecule has 0 heterocycles. The van der Waals surface area contributed by atoms with E-state index in [0.717, 1.165) is 36.8 Å². The van der Waals surface area contributed by atoms with Crippen molar-refractivity contribution < 1.29 is 14.6 Å². The number of hydrogen-bond acceptors (Lipinski definition) is 4. The van der Waals surface area contributed by atoms with E-state index in [9.17, 15) is 4.79 Å². The first-order chi connectivity index (χ1) is 9.67. The molecule has 4 nitrogen and oxygen atoms in total. The maximum Gasteiger partial charge on any atom is 0.303 e. The van der Waals surface area contributed by atoms with Crippen LogP contribution in [0.15, 0.2) is 24.3 Å². The smallest absolute Gasteiger partial charge is 0.303 e. The maximum absolute atomic E-state index is 11.2. The monoisotopic (exact) mass is 279 g/mol. The molecule has 0 aliphatic heterocycles. The summed E-state index contributed by atoms with van der Waals surface area (Å²) in [5.41, 5.74) is 7.57. The number of esters is 1. The zero-order valence-electron chi connectivity index (χ0n) is 12.2. The molecule has 112 valence electrons. The number of aliphatic hydroxyl groups is 1. The molecule has 1 aromatic rings. The maximum atomic E-state index is 11.2. The fraction of sp³-hybridized carbons (Fsp3) is 0.562. The van der Waals surface area contributed by atoms with Crippen LogP contribution in [0.3, 0.4) is 0 Å². The van der Waals surface area contributed by atoms with Gasteiger partial charge in [-0.05, 0) is 43.4 Å². The first-order valence-electron chi connectivity index (χ1n) is 7.24. The van der Waals surface area contributed by atoms with Crippen molar-refractivity contribution in [2.75, 3.05) is 13.2 Å². The van der Waals surface area contributed by atoms with Gasteiger partial charge in [-0.1, -0.05) is 30.7 Å². The van der Waals surface area contributed by atoms with Crippen molar-refractivity contribution in [1.82, 2.24) is 0 Å². The highest BCUT2D eigenvalue weighted by molar-refractivity contribution is 5.66. The summed E-state index contributed by atoms with van der Waals surface area (Å²) in [7, 11) is 0. The number of unbranched alkanes of at least 4 members (excludes halogenated alkanes) is 2. The van der Waals surface area contributed by atoms with E-state index < -0.39 is 0 Å². The molecule has 0 amide bonds. The summed E-state index contributed by atoms with van der Waals surface area (Å²) in [6.45, 7) is 2.28. The SMILES string of the molecule is CC(=O)OC(CCCCCN)c1ccc(CCO)cc1. The van der Waals surface area contributed by atoms with E-state index in [1.807, 2.05) is 24.3 Å². The molecule has 0 aromatic heterocycles. The van der Waals surface area contributed by atoms with Crippen LogP contribution in [0.4, 0.5) is 0 Å². The Morgan fingerprint density at radius 2 is 1.95 bits per heavy atom. The highest BCUT2D eigenvalue weighted by Crippen LogP contribution is 2.24. The zero-order valence-corrected chi connectivity index (χ0v) is 12.2. The lowest BCUT2D eigenvalue weighted by Crippen LogP contribution is -2.09. The number of carbonyl (C=O) groups excluding carboxylic acids is 1. The molecule has 0 fully saturated rings. The molecule has 1 rings (SSSR count). The van der Waals surface area contributed by atoms with Gasteiger partial charge in [-0.25, -0.2) is 0 Å². The fourth-order valence-electron chi connectivity index (χ4n) is 2.17. The third-order valence-corrected chi connectivity index (χ3v) is 3.23. The molecule has 0 radical (unpaired) electrons. The van der Waals surface area contributed by atoms with Crippen molar-refractivity contribution in [2.24, 2.45) is 5.73 Å². The minimum absolute atomic E-state index is 0.145. The molecule has 4 heteroatoms. The Bertz CT molecular complexity index is 389. The molecule has 0 bridgehead atoms. The third-order valence-electron chi connectivity index (χ3n) is 3.23. The first kappa shape index (κ1) is 16.7. The van der Waals surface area contributed by atoms with E-state index in [1.165, 1.54) is 6.92 Å². The Hall–Kier alpha value is -1.39. The van der Waals surface area contributed by atoms with Crippen LogP contribution in [0.2, 0.25) is 0 Å². The molecule has 0 aliphatic rings. The van der Waals surface area contributed by atoms with Crippen molar-refractivity contribution in [3.8, 4) is 0 Å². The number of benzene rings is 1. The van der Waals surface area contributed by atoms with Gasteiger partial charge in [-0.15, -0.1) is 0 Å². The van der Waals surface area contributed by atoms with E-state index in [-0.39, 0.29) is 18.7 Å². The Labute approximate surface area is 120 Å². The summed E-state index contributed by atoms with van der Waals surface area (Å²) >= 11 is 0. The second kappa shape index (κ2) is 9.50. The predicted octanol–water partition coefficient (Wildman–Crippen LogP) is 2.34. The van der Waals surface area contributed by atoms with E-state index >= 15 is 0 Å². The molecular weight excluding hydrogens is 254 g/mol. The number of rotatable bonds is 9. The van der Waals surface area contributed by atoms with Gasteiger partial charge in [-0.2, -0.15) is 0 Å². The quantitative estimate of drug-likeness (QED) is 0.537. The van der Waals surface area contributed by atoms with Gasteiger partial charge in [0.2, 0.25) is 0 Å². The average Bonchev–Trinajstić information content (AvgIpc) is 2.43. The normalized spacial score (nSPS) is 12.2. The van der Waals surface area contributed by atoms with Crippen LogP contribution in [0.1, 0.15) is 49.8 Å². The number of aliphatic hydroxyl groups excluding tert-OH is 1. The van der Waals surface area contributed by atoms with Gasteiger partial charge >= 0.3 is 5.97 Å². The second-order valence-corrected chi connectivity index (χ2v) is 4.95. The highest BCUT2D eigenvalue weighted by Gasteiger charge is 2.14. The number of carbonyl (C=O) groups is 1. The van der Waals surface area contributed by atoms with Gasteiger partial charge < -0.3 is 15.6 Å². The van der Waals surface area contributed by atoms with Crippen molar-refractivity contribution in [3.63, 3.8) is 0 Å². The van der Waals surface area contributed by atoms with Crippen LogP contribution in [0.25, 0.3) is 0 Å². The largest absolute Gasteiger partial charge is 0.458 e. The van der Waals surface area contributed by atoms with Gasteiger partial charge in [0.1, 0.15) is 6.10 Å². The molecule has 1 atom stereocenters. The van der Waals surface area contributed by atoms with Gasteiger partial charge in [0.05, 0.1) is 0 Å². The van der Waals surface area contributed by atoms with E-state index in [1.54, 1.807) is 0 Å². The Kier molecular flexibility index (Phi) is 7.92. The van der Waals surface area contributed by atoms with Crippen molar-refractivity contribution in [2.45, 2.75) is 45.1 Å². The van der Waals surface area contributed by atoms with Crippen molar-refractivity contribution >= 4 is 5.97 Å². The lowest BCUT2D eigenvalue weighted by molar-refractivity contribution is -0.147. The van der Waals surface area contributed by atoms with Gasteiger partial charge in [-0.3, -0.25) is 4.79 Å². The van der Waals surface area contributed by atoms with Crippen LogP contribution < -0.4 is 5.73 Å².